The van der Waals surface area contributed by atoms with E-state index < -0.39 is 5.91 Å². The predicted octanol–water partition coefficient (Wildman–Crippen LogP) is 0.623. The summed E-state index contributed by atoms with van der Waals surface area (Å²) < 4.78 is 5.04. The van der Waals surface area contributed by atoms with Gasteiger partial charge in [0.15, 0.2) is 5.82 Å². The molecule has 0 radical (unpaired) electrons. The van der Waals surface area contributed by atoms with Gasteiger partial charge in [0.1, 0.15) is 0 Å². The molecule has 0 aromatic carbocycles. The van der Waals surface area contributed by atoms with E-state index in [1.54, 1.807) is 0 Å². The Hall–Kier alpha value is -1.43. The van der Waals surface area contributed by atoms with Gasteiger partial charge >= 0.3 is 0 Å². The quantitative estimate of drug-likeness (QED) is 0.760. The van der Waals surface area contributed by atoms with Gasteiger partial charge in [-0.1, -0.05) is 25.9 Å². The first-order chi connectivity index (χ1) is 7.87. The second kappa shape index (κ2) is 5.77. The van der Waals surface area contributed by atoms with Gasteiger partial charge in [0, 0.05) is 6.42 Å². The van der Waals surface area contributed by atoms with Crippen LogP contribution in [0.3, 0.4) is 0 Å². The molecular weight excluding hydrogens is 220 g/mol. The number of nitrogens with one attached hydrogen (secondary N) is 1. The molecule has 0 saturated heterocycles. The summed E-state index contributed by atoms with van der Waals surface area (Å²) in [7, 11) is 0. The maximum atomic E-state index is 10.5. The zero-order valence-electron chi connectivity index (χ0n) is 10.6. The lowest BCUT2D eigenvalue weighted by Crippen LogP contribution is -2.28. The smallest absolute Gasteiger partial charge is 0.240 e. The molecule has 1 aromatic rings. The highest BCUT2D eigenvalue weighted by atomic mass is 16.5. The topological polar surface area (TPSA) is 94.0 Å². The first-order valence-electron chi connectivity index (χ1n) is 5.67. The largest absolute Gasteiger partial charge is 0.369 e. The molecule has 1 rings (SSSR count). The summed E-state index contributed by atoms with van der Waals surface area (Å²) in [5.74, 6) is 0.781. The SMILES string of the molecule is CC(C)(C)CCc1noc(CNCC(N)=O)n1. The standard InChI is InChI=1S/C11H20N4O2/c1-11(2,3)5-4-9-14-10(17-15-9)7-13-6-8(12)16/h13H,4-7H2,1-3H3,(H2,12,16). The average molecular weight is 240 g/mol. The van der Waals surface area contributed by atoms with Gasteiger partial charge in [-0.05, 0) is 11.8 Å². The van der Waals surface area contributed by atoms with Crippen LogP contribution in [0.25, 0.3) is 0 Å². The summed E-state index contributed by atoms with van der Waals surface area (Å²) in [6, 6.07) is 0. The molecular formula is C11H20N4O2. The molecule has 6 heteroatoms. The van der Waals surface area contributed by atoms with Crippen LogP contribution in [-0.2, 0) is 17.8 Å². The van der Waals surface area contributed by atoms with E-state index in [4.69, 9.17) is 10.3 Å². The monoisotopic (exact) mass is 240 g/mol. The highest BCUT2D eigenvalue weighted by Gasteiger charge is 2.13. The van der Waals surface area contributed by atoms with Crippen LogP contribution in [0.2, 0.25) is 0 Å². The maximum absolute atomic E-state index is 10.5. The minimum Gasteiger partial charge on any atom is -0.369 e. The summed E-state index contributed by atoms with van der Waals surface area (Å²) in [6.07, 6.45) is 1.80. The van der Waals surface area contributed by atoms with Crippen LogP contribution in [-0.4, -0.2) is 22.6 Å². The molecule has 1 aromatic heterocycles. The van der Waals surface area contributed by atoms with Crippen molar-refractivity contribution in [2.75, 3.05) is 6.54 Å². The molecule has 6 nitrogen and oxygen atoms in total. The summed E-state index contributed by atoms with van der Waals surface area (Å²) >= 11 is 0. The number of aryl methyl sites for hydroxylation is 1. The molecule has 17 heavy (non-hydrogen) atoms. The first-order valence-corrected chi connectivity index (χ1v) is 5.67. The van der Waals surface area contributed by atoms with Gasteiger partial charge < -0.3 is 10.3 Å². The number of hydrogen-bond acceptors (Lipinski definition) is 5. The van der Waals surface area contributed by atoms with E-state index in [-0.39, 0.29) is 12.0 Å². The van der Waals surface area contributed by atoms with E-state index in [9.17, 15) is 4.79 Å². The third-order valence-electron chi connectivity index (χ3n) is 2.18. The van der Waals surface area contributed by atoms with Gasteiger partial charge in [0.05, 0.1) is 13.1 Å². The van der Waals surface area contributed by atoms with Crippen molar-refractivity contribution >= 4 is 5.91 Å². The molecule has 0 aliphatic rings. The Morgan fingerprint density at radius 2 is 2.18 bits per heavy atom. The van der Waals surface area contributed by atoms with E-state index in [0.717, 1.165) is 12.8 Å². The molecule has 3 N–H and O–H groups in total. The van der Waals surface area contributed by atoms with Crippen LogP contribution in [0.5, 0.6) is 0 Å². The van der Waals surface area contributed by atoms with Crippen molar-refractivity contribution in [2.24, 2.45) is 11.1 Å². The minimum absolute atomic E-state index is 0.111. The van der Waals surface area contributed by atoms with Crippen molar-refractivity contribution in [1.29, 1.82) is 0 Å². The third kappa shape index (κ3) is 6.01. The van der Waals surface area contributed by atoms with Crippen molar-refractivity contribution in [2.45, 2.75) is 40.2 Å². The lowest BCUT2D eigenvalue weighted by molar-refractivity contribution is -0.117. The first kappa shape index (κ1) is 13.6. The maximum Gasteiger partial charge on any atom is 0.240 e. The molecule has 1 amide bonds. The van der Waals surface area contributed by atoms with Crippen LogP contribution in [0, 0.1) is 5.41 Å². The number of nitrogens with two attached hydrogens (primary N) is 1. The van der Waals surface area contributed by atoms with E-state index in [1.807, 2.05) is 0 Å². The van der Waals surface area contributed by atoms with E-state index in [1.165, 1.54) is 0 Å². The molecule has 0 unspecified atom stereocenters. The summed E-state index contributed by atoms with van der Waals surface area (Å²) in [4.78, 5) is 14.7. The van der Waals surface area contributed by atoms with Gasteiger partial charge in [0.2, 0.25) is 11.8 Å². The minimum atomic E-state index is -0.405. The van der Waals surface area contributed by atoms with Crippen molar-refractivity contribution < 1.29 is 9.32 Å². The van der Waals surface area contributed by atoms with Crippen LogP contribution >= 0.6 is 0 Å². The zero-order valence-corrected chi connectivity index (χ0v) is 10.6. The van der Waals surface area contributed by atoms with Gasteiger partial charge in [-0.2, -0.15) is 4.98 Å². The van der Waals surface area contributed by atoms with Crippen LogP contribution in [0.1, 0.15) is 38.9 Å². The number of nitrogens with zero attached hydrogens (tertiary/aromatic N) is 2. The number of hydrogen-bond donors (Lipinski definition) is 2. The van der Waals surface area contributed by atoms with Gasteiger partial charge in [-0.15, -0.1) is 0 Å². The van der Waals surface area contributed by atoms with E-state index in [0.29, 0.717) is 18.3 Å². The van der Waals surface area contributed by atoms with Crippen LogP contribution in [0.15, 0.2) is 4.52 Å². The third-order valence-corrected chi connectivity index (χ3v) is 2.18. The number of carbonyl (C=O) groups is 1. The Kier molecular flexibility index (Phi) is 4.62. The average Bonchev–Trinajstić information content (AvgIpc) is 2.61. The van der Waals surface area contributed by atoms with Crippen LogP contribution in [0.4, 0.5) is 0 Å². The summed E-state index contributed by atoms with van der Waals surface area (Å²) in [6.45, 7) is 6.98. The summed E-state index contributed by atoms with van der Waals surface area (Å²) in [5.41, 5.74) is 5.24. The number of carbonyl (C=O) groups excluding carboxylic acids is 1. The highest BCUT2D eigenvalue weighted by molar-refractivity contribution is 5.75. The lowest BCUT2D eigenvalue weighted by atomic mass is 9.90. The van der Waals surface area contributed by atoms with Crippen LogP contribution < -0.4 is 11.1 Å². The highest BCUT2D eigenvalue weighted by Crippen LogP contribution is 2.20. The van der Waals surface area contributed by atoms with Crippen molar-refractivity contribution in [3.05, 3.63) is 11.7 Å². The van der Waals surface area contributed by atoms with Crippen molar-refractivity contribution in [3.63, 3.8) is 0 Å². The van der Waals surface area contributed by atoms with Gasteiger partial charge in [-0.3, -0.25) is 10.1 Å². The number of rotatable bonds is 6. The van der Waals surface area contributed by atoms with E-state index >= 15 is 0 Å². The molecule has 96 valence electrons. The normalized spacial score (nSPS) is 11.7. The number of primary amides is 1. The Bertz CT molecular complexity index is 368. The molecule has 0 aliphatic heterocycles. The van der Waals surface area contributed by atoms with Crippen molar-refractivity contribution in [1.82, 2.24) is 15.5 Å². The molecule has 0 saturated carbocycles. The van der Waals surface area contributed by atoms with Crippen molar-refractivity contribution in [3.8, 4) is 0 Å². The molecule has 0 fully saturated rings. The Labute approximate surface area is 101 Å². The lowest BCUT2D eigenvalue weighted by Gasteiger charge is -2.15. The Morgan fingerprint density at radius 1 is 1.47 bits per heavy atom. The molecule has 0 spiro atoms. The second-order valence-corrected chi connectivity index (χ2v) is 5.23. The van der Waals surface area contributed by atoms with E-state index in [2.05, 4.69) is 36.2 Å². The fourth-order valence-corrected chi connectivity index (χ4v) is 1.24. The fraction of sp³-hybridized carbons (Fsp3) is 0.727. The Balaban J connectivity index is 2.35. The fourth-order valence-electron chi connectivity index (χ4n) is 1.24. The Morgan fingerprint density at radius 3 is 2.76 bits per heavy atom. The molecule has 0 bridgehead atoms. The van der Waals surface area contributed by atoms with Gasteiger partial charge in [0.25, 0.3) is 0 Å². The zero-order chi connectivity index (χ0) is 12.9. The predicted molar refractivity (Wildman–Crippen MR) is 63.0 cm³/mol. The molecule has 1 heterocycles. The second-order valence-electron chi connectivity index (χ2n) is 5.23. The van der Waals surface area contributed by atoms with Gasteiger partial charge in [-0.25, -0.2) is 0 Å². The summed E-state index contributed by atoms with van der Waals surface area (Å²) in [5, 5.41) is 6.69. The molecule has 0 atom stereocenters. The number of amides is 1. The molecule has 0 aliphatic carbocycles. The number of aromatic nitrogens is 2.